The molecular weight excluding hydrogens is 114 g/mol. The zero-order valence-electron chi connectivity index (χ0n) is 6.10. The first-order chi connectivity index (χ1) is 4.31. The summed E-state index contributed by atoms with van der Waals surface area (Å²) in [5.74, 6) is 0. The van der Waals surface area contributed by atoms with Crippen molar-refractivity contribution >= 4 is 18.3 Å². The van der Waals surface area contributed by atoms with Crippen LogP contribution in [0.15, 0.2) is 4.99 Å². The van der Waals surface area contributed by atoms with E-state index in [-0.39, 0.29) is 0 Å². The lowest BCUT2D eigenvalue weighted by Gasteiger charge is -1.77. The van der Waals surface area contributed by atoms with Crippen molar-refractivity contribution in [2.75, 3.05) is 0 Å². The lowest BCUT2D eigenvalue weighted by atomic mass is 10.5. The molecule has 52 valence electrons. The van der Waals surface area contributed by atoms with Gasteiger partial charge < -0.3 is 5.41 Å². The van der Waals surface area contributed by atoms with Crippen molar-refractivity contribution in [1.82, 2.24) is 0 Å². The Morgan fingerprint density at radius 3 is 1.89 bits per heavy atom. The van der Waals surface area contributed by atoms with Gasteiger partial charge in [0.25, 0.3) is 0 Å². The van der Waals surface area contributed by atoms with Crippen LogP contribution in [0.25, 0.3) is 0 Å². The van der Waals surface area contributed by atoms with Crippen LogP contribution in [0.5, 0.6) is 0 Å². The Labute approximate surface area is 55.8 Å². The maximum Gasteiger partial charge on any atom is 0.107 e. The first-order valence-electron chi connectivity index (χ1n) is 2.85. The molecule has 0 spiro atoms. The van der Waals surface area contributed by atoms with E-state index in [0.29, 0.717) is 5.71 Å². The van der Waals surface area contributed by atoms with Crippen LogP contribution < -0.4 is 0 Å². The highest BCUT2D eigenvalue weighted by Crippen LogP contribution is 1.64. The van der Waals surface area contributed by atoms with Crippen molar-refractivity contribution in [1.29, 1.82) is 10.8 Å². The second kappa shape index (κ2) is 10.1. The van der Waals surface area contributed by atoms with E-state index in [9.17, 15) is 0 Å². The van der Waals surface area contributed by atoms with Crippen molar-refractivity contribution < 1.29 is 0 Å². The molecule has 0 saturated heterocycles. The number of hydrogen-bond acceptors (Lipinski definition) is 2. The number of hydrogen-bond donors (Lipinski definition) is 2. The summed E-state index contributed by atoms with van der Waals surface area (Å²) in [6, 6.07) is 0. The van der Waals surface area contributed by atoms with Crippen LogP contribution in [0.2, 0.25) is 0 Å². The lowest BCUT2D eigenvalue weighted by molar-refractivity contribution is 1.50. The average molecular weight is 127 g/mol. The molecule has 0 rings (SSSR count). The molecule has 3 heteroatoms. The third kappa shape index (κ3) is 10.9. The maximum atomic E-state index is 6.55. The Kier molecular flexibility index (Phi) is 12.2. The molecule has 0 fully saturated rings. The molecule has 0 amide bonds. The Bertz CT molecular complexity index is 105. The van der Waals surface area contributed by atoms with Gasteiger partial charge in [0.05, 0.1) is 5.71 Å². The van der Waals surface area contributed by atoms with Crippen LogP contribution in [0.3, 0.4) is 0 Å². The predicted molar refractivity (Wildman–Crippen MR) is 42.0 cm³/mol. The van der Waals surface area contributed by atoms with E-state index < -0.39 is 0 Å². The number of nitrogens with one attached hydrogen (secondary N) is 2. The van der Waals surface area contributed by atoms with Gasteiger partial charge >= 0.3 is 0 Å². The van der Waals surface area contributed by atoms with E-state index in [4.69, 9.17) is 10.8 Å². The minimum atomic E-state index is 0.551. The van der Waals surface area contributed by atoms with Gasteiger partial charge in [-0.2, -0.15) is 0 Å². The molecule has 0 unspecified atom stereocenters. The summed E-state index contributed by atoms with van der Waals surface area (Å²) in [4.78, 5) is 3.46. The van der Waals surface area contributed by atoms with Crippen LogP contribution >= 0.6 is 0 Å². The SMILES string of the molecule is CC.CC(C=N)=NC=N. The van der Waals surface area contributed by atoms with Crippen molar-refractivity contribution in [3.05, 3.63) is 0 Å². The topological polar surface area (TPSA) is 60.1 Å². The fourth-order valence-corrected chi connectivity index (χ4v) is 0.139. The molecule has 2 N–H and O–H groups in total. The number of nitrogens with zero attached hydrogens (tertiary/aromatic N) is 1. The highest BCUT2D eigenvalue weighted by atomic mass is 14.8. The second-order valence-electron chi connectivity index (χ2n) is 1.04. The molecule has 9 heavy (non-hydrogen) atoms. The number of aliphatic imine (C=N–C) groups is 1. The molecule has 0 aliphatic heterocycles. The molecule has 0 heterocycles. The highest BCUT2D eigenvalue weighted by molar-refractivity contribution is 6.29. The molecule has 0 aliphatic carbocycles. The van der Waals surface area contributed by atoms with E-state index in [1.807, 2.05) is 13.8 Å². The molecule has 0 aromatic carbocycles. The highest BCUT2D eigenvalue weighted by Gasteiger charge is 1.73. The Morgan fingerprint density at radius 1 is 1.33 bits per heavy atom. The van der Waals surface area contributed by atoms with Gasteiger partial charge in [-0.1, -0.05) is 13.8 Å². The normalized spacial score (nSPS) is 9.00. The molecule has 0 saturated carbocycles. The van der Waals surface area contributed by atoms with E-state index in [1.165, 1.54) is 0 Å². The monoisotopic (exact) mass is 127 g/mol. The summed E-state index contributed by atoms with van der Waals surface area (Å²) in [7, 11) is 0. The first-order valence-corrected chi connectivity index (χ1v) is 2.85. The quantitative estimate of drug-likeness (QED) is 0.419. The lowest BCUT2D eigenvalue weighted by Crippen LogP contribution is -1.88. The van der Waals surface area contributed by atoms with Crippen LogP contribution in [-0.2, 0) is 0 Å². The van der Waals surface area contributed by atoms with E-state index in [1.54, 1.807) is 6.92 Å². The summed E-state index contributed by atoms with van der Waals surface area (Å²) in [6.45, 7) is 5.66. The average Bonchev–Trinajstić information content (AvgIpc) is 1.93. The van der Waals surface area contributed by atoms with E-state index >= 15 is 0 Å². The fourth-order valence-electron chi connectivity index (χ4n) is 0.139. The van der Waals surface area contributed by atoms with Gasteiger partial charge in [-0.05, 0) is 6.92 Å². The third-order valence-corrected chi connectivity index (χ3v) is 0.477. The van der Waals surface area contributed by atoms with Gasteiger partial charge in [0.1, 0.15) is 6.34 Å². The first kappa shape index (κ1) is 10.9. The van der Waals surface area contributed by atoms with Gasteiger partial charge in [0, 0.05) is 6.21 Å². The third-order valence-electron chi connectivity index (χ3n) is 0.477. The molecule has 0 aliphatic rings. The molecular formula is C6H13N3. The van der Waals surface area contributed by atoms with Crippen molar-refractivity contribution in [3.63, 3.8) is 0 Å². The van der Waals surface area contributed by atoms with Gasteiger partial charge in [-0.25, -0.2) is 4.99 Å². The molecule has 0 aromatic heterocycles. The second-order valence-corrected chi connectivity index (χ2v) is 1.04. The molecule has 0 aromatic rings. The summed E-state index contributed by atoms with van der Waals surface area (Å²) in [6.07, 6.45) is 2.02. The van der Waals surface area contributed by atoms with Crippen LogP contribution in [0.1, 0.15) is 20.8 Å². The molecule has 3 nitrogen and oxygen atoms in total. The van der Waals surface area contributed by atoms with Gasteiger partial charge in [-0.3, -0.25) is 5.41 Å². The summed E-state index contributed by atoms with van der Waals surface area (Å²) in [5, 5.41) is 13.0. The van der Waals surface area contributed by atoms with Crippen LogP contribution in [0, 0.1) is 10.8 Å². The minimum Gasteiger partial charge on any atom is -0.307 e. The zero-order valence-corrected chi connectivity index (χ0v) is 6.10. The predicted octanol–water partition coefficient (Wildman–Crippen LogP) is 1.73. The number of rotatable bonds is 2. The van der Waals surface area contributed by atoms with Crippen molar-refractivity contribution in [2.45, 2.75) is 20.8 Å². The van der Waals surface area contributed by atoms with E-state index in [2.05, 4.69) is 4.99 Å². The van der Waals surface area contributed by atoms with Gasteiger partial charge in [-0.15, -0.1) is 0 Å². The summed E-state index contributed by atoms with van der Waals surface area (Å²) < 4.78 is 0. The zero-order chi connectivity index (χ0) is 7.70. The van der Waals surface area contributed by atoms with Crippen LogP contribution in [0.4, 0.5) is 0 Å². The Morgan fingerprint density at radius 2 is 1.78 bits per heavy atom. The Balaban J connectivity index is 0. The van der Waals surface area contributed by atoms with Crippen molar-refractivity contribution in [3.8, 4) is 0 Å². The minimum absolute atomic E-state index is 0.551. The maximum absolute atomic E-state index is 6.55. The molecule has 0 atom stereocenters. The Hall–Kier alpha value is -0.990. The van der Waals surface area contributed by atoms with E-state index in [0.717, 1.165) is 12.6 Å². The van der Waals surface area contributed by atoms with Crippen LogP contribution in [-0.4, -0.2) is 18.3 Å². The molecule has 0 bridgehead atoms. The summed E-state index contributed by atoms with van der Waals surface area (Å²) in [5.41, 5.74) is 0.551. The largest absolute Gasteiger partial charge is 0.307 e. The van der Waals surface area contributed by atoms with Crippen molar-refractivity contribution in [2.24, 2.45) is 4.99 Å². The van der Waals surface area contributed by atoms with Gasteiger partial charge in [0.2, 0.25) is 0 Å². The summed E-state index contributed by atoms with van der Waals surface area (Å²) >= 11 is 0. The fraction of sp³-hybridized carbons (Fsp3) is 0.500. The standard InChI is InChI=1S/C4H7N3.C2H6/c1-4(2-5)7-3-6;1-2/h2-3,5-6H,1H3;1-2H3. The molecule has 0 radical (unpaired) electrons. The smallest absolute Gasteiger partial charge is 0.107 e. The van der Waals surface area contributed by atoms with Gasteiger partial charge in [0.15, 0.2) is 0 Å².